The summed E-state index contributed by atoms with van der Waals surface area (Å²) in [7, 11) is 0. The number of aromatic nitrogens is 3. The Morgan fingerprint density at radius 1 is 1.02 bits per heavy atom. The zero-order valence-corrected chi connectivity index (χ0v) is 28.0. The van der Waals surface area contributed by atoms with Gasteiger partial charge in [-0.2, -0.15) is 4.98 Å². The van der Waals surface area contributed by atoms with Crippen molar-refractivity contribution in [3.8, 4) is 5.75 Å². The highest BCUT2D eigenvalue weighted by molar-refractivity contribution is 9.10. The van der Waals surface area contributed by atoms with E-state index in [1.807, 2.05) is 73.7 Å². The molecule has 0 radical (unpaired) electrons. The molecule has 6 rings (SSSR count). The molecule has 7 nitrogen and oxygen atoms in total. The van der Waals surface area contributed by atoms with E-state index in [2.05, 4.69) is 21.2 Å². The molecule has 1 fully saturated rings. The summed E-state index contributed by atoms with van der Waals surface area (Å²) in [6, 6.07) is 20.4. The maximum atomic E-state index is 14.0. The number of benzene rings is 3. The number of esters is 1. The van der Waals surface area contributed by atoms with Gasteiger partial charge in [0.05, 0.1) is 5.57 Å². The van der Waals surface area contributed by atoms with E-state index in [9.17, 15) is 4.79 Å². The average molecular weight is 715 g/mol. The van der Waals surface area contributed by atoms with E-state index in [0.717, 1.165) is 46.8 Å². The number of ether oxygens (including phenoxy) is 2. The van der Waals surface area contributed by atoms with Crippen molar-refractivity contribution in [3.05, 3.63) is 109 Å². The fraction of sp³-hybridized carbons (Fsp3) is 0.303. The number of nitrogens with zero attached hydrogens (tertiary/aromatic N) is 3. The molecule has 0 spiro atoms. The molecule has 1 aliphatic heterocycles. The van der Waals surface area contributed by atoms with Gasteiger partial charge in [-0.1, -0.05) is 93.7 Å². The van der Waals surface area contributed by atoms with Gasteiger partial charge in [0.2, 0.25) is 11.1 Å². The van der Waals surface area contributed by atoms with E-state index in [4.69, 9.17) is 42.8 Å². The monoisotopic (exact) mass is 712 g/mol. The highest BCUT2D eigenvalue weighted by Crippen LogP contribution is 2.42. The second-order valence-corrected chi connectivity index (χ2v) is 13.5. The Morgan fingerprint density at radius 3 is 2.45 bits per heavy atom. The highest BCUT2D eigenvalue weighted by Gasteiger charge is 2.38. The van der Waals surface area contributed by atoms with E-state index in [1.165, 1.54) is 18.2 Å². The first kappa shape index (κ1) is 31.0. The van der Waals surface area contributed by atoms with E-state index in [0.29, 0.717) is 43.9 Å². The Balaban J connectivity index is 1.38. The van der Waals surface area contributed by atoms with Crippen LogP contribution in [0.25, 0.3) is 0 Å². The summed E-state index contributed by atoms with van der Waals surface area (Å²) in [5.74, 6) is 1.36. The van der Waals surface area contributed by atoms with Crippen LogP contribution in [0.3, 0.4) is 0 Å². The molecule has 0 amide bonds. The SMILES string of the molecule is CC1=C(C(=O)OC2CCCCC2)C(c2cc(Br)ccc2OCc2ccccc2Cl)n2nc(SCc3ccccc3Cl)nc2N1. The minimum atomic E-state index is -0.650. The van der Waals surface area contributed by atoms with Gasteiger partial charge in [-0.3, -0.25) is 0 Å². The zero-order chi connectivity index (χ0) is 30.6. The Kier molecular flexibility index (Phi) is 9.86. The van der Waals surface area contributed by atoms with Gasteiger partial charge < -0.3 is 14.8 Å². The summed E-state index contributed by atoms with van der Waals surface area (Å²) < 4.78 is 15.1. The van der Waals surface area contributed by atoms with Crippen molar-refractivity contribution in [2.75, 3.05) is 5.32 Å². The van der Waals surface area contributed by atoms with Crippen molar-refractivity contribution in [3.63, 3.8) is 0 Å². The highest BCUT2D eigenvalue weighted by atomic mass is 79.9. The number of carbonyl (C=O) groups is 1. The van der Waals surface area contributed by atoms with Crippen molar-refractivity contribution in [2.24, 2.45) is 0 Å². The van der Waals surface area contributed by atoms with Crippen molar-refractivity contribution in [1.82, 2.24) is 14.8 Å². The predicted molar refractivity (Wildman–Crippen MR) is 178 cm³/mol. The van der Waals surface area contributed by atoms with Gasteiger partial charge in [-0.05, 0) is 68.5 Å². The molecule has 2 aliphatic rings. The summed E-state index contributed by atoms with van der Waals surface area (Å²) in [5, 5.41) is 10.1. The third kappa shape index (κ3) is 6.96. The molecule has 44 heavy (non-hydrogen) atoms. The largest absolute Gasteiger partial charge is 0.488 e. The van der Waals surface area contributed by atoms with Crippen LogP contribution < -0.4 is 10.1 Å². The number of fused-ring (bicyclic) bond motifs is 1. The fourth-order valence-electron chi connectivity index (χ4n) is 5.54. The Bertz CT molecular complexity index is 1710. The van der Waals surface area contributed by atoms with Gasteiger partial charge in [0.1, 0.15) is 24.5 Å². The van der Waals surface area contributed by atoms with Gasteiger partial charge in [0.15, 0.2) is 0 Å². The molecule has 1 N–H and O–H groups in total. The number of hydrogen-bond donors (Lipinski definition) is 1. The first-order valence-corrected chi connectivity index (χ1v) is 17.1. The molecule has 0 saturated heterocycles. The summed E-state index contributed by atoms with van der Waals surface area (Å²) in [5.41, 5.74) is 3.73. The van der Waals surface area contributed by atoms with E-state index in [-0.39, 0.29) is 18.7 Å². The number of halogens is 3. The molecule has 4 aromatic rings. The van der Waals surface area contributed by atoms with Crippen LogP contribution in [-0.2, 0) is 21.9 Å². The van der Waals surface area contributed by atoms with E-state index in [1.54, 1.807) is 4.68 Å². The Labute approximate surface area is 279 Å². The minimum Gasteiger partial charge on any atom is -0.488 e. The van der Waals surface area contributed by atoms with Gasteiger partial charge in [0.25, 0.3) is 0 Å². The van der Waals surface area contributed by atoms with Crippen LogP contribution in [0.15, 0.2) is 87.6 Å². The number of rotatable bonds is 9. The normalized spacial score (nSPS) is 16.8. The summed E-state index contributed by atoms with van der Waals surface area (Å²) >= 11 is 18.0. The van der Waals surface area contributed by atoms with Crippen LogP contribution >= 0.6 is 50.9 Å². The molecule has 0 bridgehead atoms. The number of nitrogens with one attached hydrogen (secondary N) is 1. The molecule has 1 unspecified atom stereocenters. The third-order valence-electron chi connectivity index (χ3n) is 7.80. The summed E-state index contributed by atoms with van der Waals surface area (Å²) in [4.78, 5) is 18.8. The second kappa shape index (κ2) is 14.0. The van der Waals surface area contributed by atoms with Crippen molar-refractivity contribution < 1.29 is 14.3 Å². The number of hydrogen-bond acceptors (Lipinski definition) is 7. The van der Waals surface area contributed by atoms with Crippen LogP contribution in [0.5, 0.6) is 5.75 Å². The quantitative estimate of drug-likeness (QED) is 0.137. The average Bonchev–Trinajstić information content (AvgIpc) is 3.43. The number of anilines is 1. The number of carbonyl (C=O) groups excluding carboxylic acids is 1. The second-order valence-electron chi connectivity index (χ2n) is 10.8. The van der Waals surface area contributed by atoms with Gasteiger partial charge in [0, 0.05) is 37.1 Å². The van der Waals surface area contributed by atoms with Gasteiger partial charge >= 0.3 is 5.97 Å². The van der Waals surface area contributed by atoms with E-state index >= 15 is 0 Å². The van der Waals surface area contributed by atoms with Crippen LogP contribution in [-0.4, -0.2) is 26.8 Å². The van der Waals surface area contributed by atoms with E-state index < -0.39 is 6.04 Å². The topological polar surface area (TPSA) is 78.3 Å². The predicted octanol–water partition coefficient (Wildman–Crippen LogP) is 9.38. The van der Waals surface area contributed by atoms with Crippen molar-refractivity contribution >= 4 is 62.8 Å². The summed E-state index contributed by atoms with van der Waals surface area (Å²) in [6.07, 6.45) is 4.93. The lowest BCUT2D eigenvalue weighted by atomic mass is 9.94. The van der Waals surface area contributed by atoms with Gasteiger partial charge in [-0.15, -0.1) is 5.10 Å². The zero-order valence-electron chi connectivity index (χ0n) is 24.1. The van der Waals surface area contributed by atoms with Gasteiger partial charge in [-0.25, -0.2) is 9.48 Å². The molecule has 228 valence electrons. The minimum absolute atomic E-state index is 0.102. The number of allylic oxidation sites excluding steroid dienone is 1. The molecule has 2 heterocycles. The first-order chi connectivity index (χ1) is 21.4. The smallest absolute Gasteiger partial charge is 0.338 e. The van der Waals surface area contributed by atoms with Crippen LogP contribution in [0, 0.1) is 0 Å². The number of thioether (sulfide) groups is 1. The van der Waals surface area contributed by atoms with Crippen LogP contribution in [0.1, 0.15) is 61.8 Å². The standard InChI is InChI=1S/C33H31BrCl2N4O3S/c1-20-29(31(41)43-24-11-3-2-4-12-24)30(25-17-23(34)15-16-28(25)42-18-21-9-5-7-13-26(21)35)40-32(37-20)38-33(39-40)44-19-22-10-6-8-14-27(22)36/h5-10,13-17,24,30H,2-4,11-12,18-19H2,1H3,(H,37,38,39). The maximum absolute atomic E-state index is 14.0. The molecule has 1 aromatic heterocycles. The van der Waals surface area contributed by atoms with Crippen LogP contribution in [0.4, 0.5) is 5.95 Å². The Hall–Kier alpha value is -2.98. The molecular weight excluding hydrogens is 683 g/mol. The lowest BCUT2D eigenvalue weighted by molar-refractivity contribution is -0.146. The molecule has 1 aliphatic carbocycles. The molecule has 1 atom stereocenters. The molecule has 11 heteroatoms. The van der Waals surface area contributed by atoms with Crippen molar-refractivity contribution in [1.29, 1.82) is 0 Å². The summed E-state index contributed by atoms with van der Waals surface area (Å²) in [6.45, 7) is 2.13. The lowest BCUT2D eigenvalue weighted by Gasteiger charge is -2.31. The molecular formula is C33H31BrCl2N4O3S. The first-order valence-electron chi connectivity index (χ1n) is 14.5. The third-order valence-corrected chi connectivity index (χ3v) is 9.92. The fourth-order valence-corrected chi connectivity index (χ4v) is 7.22. The van der Waals surface area contributed by atoms with Crippen LogP contribution in [0.2, 0.25) is 10.0 Å². The maximum Gasteiger partial charge on any atom is 0.338 e. The van der Waals surface area contributed by atoms with Crippen molar-refractivity contribution in [2.45, 2.75) is 68.7 Å². The Morgan fingerprint density at radius 2 is 1.73 bits per heavy atom. The molecule has 3 aromatic carbocycles. The lowest BCUT2D eigenvalue weighted by Crippen LogP contribution is -2.32. The molecule has 1 saturated carbocycles.